The maximum absolute atomic E-state index is 9.97. The number of fused-ring (bicyclic) bond motifs is 2. The predicted molar refractivity (Wildman–Crippen MR) is 50.0 cm³/mol. The van der Waals surface area contributed by atoms with Crippen LogP contribution in [0.2, 0.25) is 0 Å². The van der Waals surface area contributed by atoms with Crippen LogP contribution in [-0.4, -0.2) is 28.5 Å². The molecule has 2 aliphatic rings. The van der Waals surface area contributed by atoms with Crippen LogP contribution < -0.4 is 5.73 Å². The lowest BCUT2D eigenvalue weighted by atomic mass is 9.69. The molecule has 2 bridgehead atoms. The summed E-state index contributed by atoms with van der Waals surface area (Å²) >= 11 is 0. The Morgan fingerprint density at radius 3 is 2.08 bits per heavy atom. The first-order chi connectivity index (χ1) is 5.83. The van der Waals surface area contributed by atoms with Gasteiger partial charge in [0, 0.05) is 11.5 Å². The normalized spacial score (nSPS) is 58.6. The highest BCUT2D eigenvalue weighted by atomic mass is 16.3. The summed E-state index contributed by atoms with van der Waals surface area (Å²) in [7, 11) is 0. The molecule has 0 aromatic heterocycles. The monoisotopic (exact) mass is 185 g/mol. The molecular weight excluding hydrogens is 166 g/mol. The zero-order valence-corrected chi connectivity index (χ0v) is 8.49. The van der Waals surface area contributed by atoms with Gasteiger partial charge in [0.25, 0.3) is 0 Å². The van der Waals surface area contributed by atoms with E-state index in [1.165, 1.54) is 0 Å². The topological polar surface area (TPSA) is 66.5 Å². The van der Waals surface area contributed by atoms with Gasteiger partial charge in [0.05, 0.1) is 12.2 Å². The van der Waals surface area contributed by atoms with Gasteiger partial charge in [0.2, 0.25) is 0 Å². The number of nitrogens with two attached hydrogens (primary N) is 1. The van der Waals surface area contributed by atoms with E-state index in [0.717, 1.165) is 6.42 Å². The average molecular weight is 185 g/mol. The molecule has 0 amide bonds. The van der Waals surface area contributed by atoms with Gasteiger partial charge >= 0.3 is 0 Å². The van der Waals surface area contributed by atoms with Crippen molar-refractivity contribution in [1.82, 2.24) is 0 Å². The number of hydrogen-bond acceptors (Lipinski definition) is 3. The molecule has 0 heterocycles. The van der Waals surface area contributed by atoms with Gasteiger partial charge in [-0.2, -0.15) is 0 Å². The van der Waals surface area contributed by atoms with Gasteiger partial charge in [0.1, 0.15) is 0 Å². The molecule has 3 heteroatoms. The molecule has 13 heavy (non-hydrogen) atoms. The molecule has 0 aromatic carbocycles. The smallest absolute Gasteiger partial charge is 0.0777 e. The van der Waals surface area contributed by atoms with E-state index in [0.29, 0.717) is 0 Å². The minimum Gasteiger partial charge on any atom is -0.392 e. The van der Waals surface area contributed by atoms with Crippen LogP contribution in [0.25, 0.3) is 0 Å². The highest BCUT2D eigenvalue weighted by Crippen LogP contribution is 2.64. The summed E-state index contributed by atoms with van der Waals surface area (Å²) in [6, 6.07) is -0.164. The minimum atomic E-state index is -0.559. The molecule has 0 spiro atoms. The lowest BCUT2D eigenvalue weighted by Gasteiger charge is -2.39. The van der Waals surface area contributed by atoms with Crippen LogP contribution in [-0.2, 0) is 0 Å². The molecule has 0 radical (unpaired) electrons. The van der Waals surface area contributed by atoms with E-state index >= 15 is 0 Å². The third kappa shape index (κ3) is 0.767. The van der Waals surface area contributed by atoms with Crippen LogP contribution in [0, 0.1) is 16.7 Å². The summed E-state index contributed by atoms with van der Waals surface area (Å²) in [5.41, 5.74) is 5.46. The molecule has 5 atom stereocenters. The van der Waals surface area contributed by atoms with E-state index in [-0.39, 0.29) is 17.4 Å². The maximum atomic E-state index is 9.97. The summed E-state index contributed by atoms with van der Waals surface area (Å²) in [5.74, 6) is 0.252. The van der Waals surface area contributed by atoms with Gasteiger partial charge in [-0.3, -0.25) is 0 Å². The summed E-state index contributed by atoms with van der Waals surface area (Å²) in [6.07, 6.45) is -0.222. The molecule has 0 saturated heterocycles. The zero-order valence-electron chi connectivity index (χ0n) is 8.49. The van der Waals surface area contributed by atoms with Crippen molar-refractivity contribution in [2.24, 2.45) is 22.5 Å². The van der Waals surface area contributed by atoms with Crippen molar-refractivity contribution < 1.29 is 10.2 Å². The summed E-state index contributed by atoms with van der Waals surface area (Å²) in [5, 5.41) is 19.9. The molecule has 0 aromatic rings. The molecule has 4 N–H and O–H groups in total. The van der Waals surface area contributed by atoms with Gasteiger partial charge in [0.15, 0.2) is 0 Å². The molecule has 3 nitrogen and oxygen atoms in total. The summed E-state index contributed by atoms with van der Waals surface area (Å²) in [6.45, 7) is 6.16. The predicted octanol–water partition coefficient (Wildman–Crippen LogP) is 0.102. The second kappa shape index (κ2) is 2.27. The lowest BCUT2D eigenvalue weighted by molar-refractivity contribution is -0.0762. The lowest BCUT2D eigenvalue weighted by Crippen LogP contribution is -2.50. The summed E-state index contributed by atoms with van der Waals surface area (Å²) < 4.78 is 0. The highest BCUT2D eigenvalue weighted by molar-refractivity contribution is 5.19. The highest BCUT2D eigenvalue weighted by Gasteiger charge is 2.69. The maximum Gasteiger partial charge on any atom is 0.0777 e. The number of aliphatic hydroxyl groups is 2. The van der Waals surface area contributed by atoms with Crippen LogP contribution in [0.15, 0.2) is 0 Å². The van der Waals surface area contributed by atoms with E-state index in [2.05, 4.69) is 13.8 Å². The van der Waals surface area contributed by atoms with Crippen molar-refractivity contribution in [3.05, 3.63) is 0 Å². The molecule has 0 unspecified atom stereocenters. The Bertz CT molecular complexity index is 241. The first kappa shape index (κ1) is 9.44. The van der Waals surface area contributed by atoms with Crippen molar-refractivity contribution in [3.8, 4) is 0 Å². The average Bonchev–Trinajstić information content (AvgIpc) is 2.28. The van der Waals surface area contributed by atoms with Crippen molar-refractivity contribution >= 4 is 0 Å². The number of rotatable bonds is 0. The van der Waals surface area contributed by atoms with Crippen molar-refractivity contribution in [2.75, 3.05) is 0 Å². The number of aliphatic hydroxyl groups excluding tert-OH is 2. The van der Waals surface area contributed by atoms with E-state index in [4.69, 9.17) is 5.73 Å². The Kier molecular flexibility index (Phi) is 1.65. The standard InChI is InChI=1S/C10H19NO2/c1-9(2)5-4-6(12)10(9,3)8(13)7(5)11/h5-8,12-13H,4,11H2,1-3H3/t5-,6-,7+,8+,10+/m1/s1. The quantitative estimate of drug-likeness (QED) is 0.501. The Balaban J connectivity index is 2.48. The Morgan fingerprint density at radius 2 is 1.77 bits per heavy atom. The van der Waals surface area contributed by atoms with E-state index in [1.54, 1.807) is 0 Å². The van der Waals surface area contributed by atoms with Gasteiger partial charge < -0.3 is 15.9 Å². The Hall–Kier alpha value is -0.120. The second-order valence-electron chi connectivity index (χ2n) is 5.38. The first-order valence-electron chi connectivity index (χ1n) is 4.95. The van der Waals surface area contributed by atoms with Crippen LogP contribution in [0.4, 0.5) is 0 Å². The fourth-order valence-corrected chi connectivity index (χ4v) is 3.45. The van der Waals surface area contributed by atoms with Crippen LogP contribution in [0.3, 0.4) is 0 Å². The fourth-order valence-electron chi connectivity index (χ4n) is 3.45. The summed E-state index contributed by atoms with van der Waals surface area (Å²) in [4.78, 5) is 0. The number of hydrogen-bond donors (Lipinski definition) is 3. The van der Waals surface area contributed by atoms with Crippen LogP contribution >= 0.6 is 0 Å². The van der Waals surface area contributed by atoms with E-state index in [1.807, 2.05) is 6.92 Å². The molecule has 2 rings (SSSR count). The van der Waals surface area contributed by atoms with Gasteiger partial charge in [-0.05, 0) is 17.8 Å². The van der Waals surface area contributed by atoms with Crippen LogP contribution in [0.5, 0.6) is 0 Å². The minimum absolute atomic E-state index is 0.0503. The van der Waals surface area contributed by atoms with E-state index < -0.39 is 17.6 Å². The van der Waals surface area contributed by atoms with Crippen LogP contribution in [0.1, 0.15) is 27.2 Å². The zero-order chi connectivity index (χ0) is 10.0. The van der Waals surface area contributed by atoms with Crippen molar-refractivity contribution in [1.29, 1.82) is 0 Å². The second-order valence-corrected chi connectivity index (χ2v) is 5.38. The third-order valence-electron chi connectivity index (χ3n) is 4.93. The Morgan fingerprint density at radius 1 is 1.23 bits per heavy atom. The largest absolute Gasteiger partial charge is 0.392 e. The SMILES string of the molecule is CC1(C)[C@@H]2C[C@@H](O)[C@@]1(C)[C@@H](O)[C@H]2N. The van der Waals surface area contributed by atoms with Gasteiger partial charge in [-0.25, -0.2) is 0 Å². The van der Waals surface area contributed by atoms with E-state index in [9.17, 15) is 10.2 Å². The first-order valence-corrected chi connectivity index (χ1v) is 4.95. The molecular formula is C10H19NO2. The van der Waals surface area contributed by atoms with Gasteiger partial charge in [-0.15, -0.1) is 0 Å². The third-order valence-corrected chi connectivity index (χ3v) is 4.93. The van der Waals surface area contributed by atoms with Crippen molar-refractivity contribution in [3.63, 3.8) is 0 Å². The fraction of sp³-hybridized carbons (Fsp3) is 1.00. The Labute approximate surface area is 78.9 Å². The molecule has 0 aliphatic heterocycles. The molecule has 2 fully saturated rings. The van der Waals surface area contributed by atoms with Gasteiger partial charge in [-0.1, -0.05) is 20.8 Å². The molecule has 2 aliphatic carbocycles. The molecule has 76 valence electrons. The van der Waals surface area contributed by atoms with Crippen molar-refractivity contribution in [2.45, 2.75) is 45.4 Å². The molecule has 2 saturated carbocycles.